The quantitative estimate of drug-likeness (QED) is 0.870. The van der Waals surface area contributed by atoms with Crippen LogP contribution >= 0.6 is 11.3 Å². The minimum absolute atomic E-state index is 0.137. The second kappa shape index (κ2) is 6.01. The summed E-state index contributed by atoms with van der Waals surface area (Å²) in [6.07, 6.45) is -6.68. The van der Waals surface area contributed by atoms with Crippen LogP contribution in [0.1, 0.15) is 12.8 Å². The van der Waals surface area contributed by atoms with Crippen molar-refractivity contribution >= 4 is 33.1 Å². The minimum atomic E-state index is -4.73. The van der Waals surface area contributed by atoms with E-state index in [0.717, 1.165) is 15.0 Å². The average Bonchev–Trinajstić information content (AvgIpc) is 3.13. The lowest BCUT2D eigenvalue weighted by Crippen LogP contribution is -2.50. The SMILES string of the molecule is O=C(Nc1ccc2sccc2c1)N1CCCC1C(O)C(F)(F)F. The highest BCUT2D eigenvalue weighted by Crippen LogP contribution is 2.31. The van der Waals surface area contributed by atoms with Gasteiger partial charge in [-0.25, -0.2) is 4.79 Å². The van der Waals surface area contributed by atoms with Crippen molar-refractivity contribution < 1.29 is 23.1 Å². The molecule has 2 atom stereocenters. The predicted octanol–water partition coefficient (Wildman–Crippen LogP) is 3.82. The van der Waals surface area contributed by atoms with Gasteiger partial charge in [0.2, 0.25) is 0 Å². The molecule has 2 heterocycles. The highest BCUT2D eigenvalue weighted by molar-refractivity contribution is 7.17. The lowest BCUT2D eigenvalue weighted by atomic mass is 10.1. The second-order valence-electron chi connectivity index (χ2n) is 5.49. The van der Waals surface area contributed by atoms with Crippen molar-refractivity contribution in [2.24, 2.45) is 0 Å². The molecule has 0 bridgehead atoms. The average molecular weight is 344 g/mol. The monoisotopic (exact) mass is 344 g/mol. The molecule has 0 radical (unpaired) electrons. The molecular weight excluding hydrogens is 329 g/mol. The van der Waals surface area contributed by atoms with Gasteiger partial charge in [0, 0.05) is 16.9 Å². The number of nitrogens with zero attached hydrogens (tertiary/aromatic N) is 1. The van der Waals surface area contributed by atoms with Crippen LogP contribution in [0.25, 0.3) is 10.1 Å². The Kier molecular flexibility index (Phi) is 4.20. The molecule has 1 aliphatic rings. The maximum absolute atomic E-state index is 12.7. The summed E-state index contributed by atoms with van der Waals surface area (Å²) in [6.45, 7) is 0.199. The van der Waals surface area contributed by atoms with Crippen LogP contribution in [0.5, 0.6) is 0 Å². The molecule has 1 aromatic carbocycles. The number of halogens is 3. The molecule has 1 aromatic heterocycles. The molecule has 0 saturated carbocycles. The molecule has 124 valence electrons. The number of alkyl halides is 3. The van der Waals surface area contributed by atoms with E-state index in [2.05, 4.69) is 5.32 Å². The van der Waals surface area contributed by atoms with E-state index < -0.39 is 24.4 Å². The van der Waals surface area contributed by atoms with E-state index >= 15 is 0 Å². The first-order chi connectivity index (χ1) is 10.9. The van der Waals surface area contributed by atoms with Crippen molar-refractivity contribution in [2.45, 2.75) is 31.2 Å². The van der Waals surface area contributed by atoms with Gasteiger partial charge in [0.1, 0.15) is 0 Å². The normalized spacial score (nSPS) is 20.0. The van der Waals surface area contributed by atoms with Crippen molar-refractivity contribution in [3.63, 3.8) is 0 Å². The van der Waals surface area contributed by atoms with Gasteiger partial charge in [-0.2, -0.15) is 13.2 Å². The van der Waals surface area contributed by atoms with Crippen LogP contribution in [-0.4, -0.2) is 40.9 Å². The van der Waals surface area contributed by atoms with Crippen molar-refractivity contribution in [2.75, 3.05) is 11.9 Å². The number of nitrogens with one attached hydrogen (secondary N) is 1. The second-order valence-corrected chi connectivity index (χ2v) is 6.44. The molecule has 2 amide bonds. The predicted molar refractivity (Wildman–Crippen MR) is 82.6 cm³/mol. The number of carbonyl (C=O) groups is 1. The fraction of sp³-hybridized carbons (Fsp3) is 0.400. The number of aliphatic hydroxyl groups excluding tert-OH is 1. The molecule has 2 unspecified atom stereocenters. The maximum atomic E-state index is 12.7. The topological polar surface area (TPSA) is 52.6 Å². The number of carbonyl (C=O) groups excluding carboxylic acids is 1. The van der Waals surface area contributed by atoms with E-state index in [4.69, 9.17) is 0 Å². The number of rotatable bonds is 2. The van der Waals surface area contributed by atoms with Gasteiger partial charge < -0.3 is 15.3 Å². The lowest BCUT2D eigenvalue weighted by molar-refractivity contribution is -0.216. The number of amides is 2. The zero-order valence-electron chi connectivity index (χ0n) is 12.0. The smallest absolute Gasteiger partial charge is 0.382 e. The zero-order chi connectivity index (χ0) is 16.6. The fourth-order valence-corrected chi connectivity index (χ4v) is 3.60. The summed E-state index contributed by atoms with van der Waals surface area (Å²) >= 11 is 1.57. The molecule has 1 aliphatic heterocycles. The summed E-state index contributed by atoms with van der Waals surface area (Å²) in [5.74, 6) is 0. The molecule has 3 rings (SSSR count). The number of hydrogen-bond acceptors (Lipinski definition) is 3. The summed E-state index contributed by atoms with van der Waals surface area (Å²) in [7, 11) is 0. The first kappa shape index (κ1) is 16.1. The van der Waals surface area contributed by atoms with E-state index in [9.17, 15) is 23.1 Å². The number of benzene rings is 1. The summed E-state index contributed by atoms with van der Waals surface area (Å²) in [6, 6.07) is 5.38. The zero-order valence-corrected chi connectivity index (χ0v) is 12.8. The first-order valence-corrected chi connectivity index (χ1v) is 8.04. The Hall–Kier alpha value is -1.80. The standard InChI is InChI=1S/C15H15F3N2O2S/c16-15(17,18)13(21)11-2-1-6-20(11)14(22)19-10-3-4-12-9(8-10)5-7-23-12/h3-5,7-8,11,13,21H,1-2,6H2,(H,19,22). The lowest BCUT2D eigenvalue weighted by Gasteiger charge is -2.29. The van der Waals surface area contributed by atoms with Crippen LogP contribution in [0, 0.1) is 0 Å². The van der Waals surface area contributed by atoms with Gasteiger partial charge in [0.15, 0.2) is 6.10 Å². The number of fused-ring (bicyclic) bond motifs is 1. The molecule has 4 nitrogen and oxygen atoms in total. The Morgan fingerprint density at radius 2 is 2.17 bits per heavy atom. The summed E-state index contributed by atoms with van der Waals surface area (Å²) < 4.78 is 39.2. The van der Waals surface area contributed by atoms with Crippen LogP contribution in [0.2, 0.25) is 0 Å². The highest BCUT2D eigenvalue weighted by Gasteiger charge is 2.48. The Morgan fingerprint density at radius 1 is 1.39 bits per heavy atom. The number of aliphatic hydroxyl groups is 1. The van der Waals surface area contributed by atoms with Gasteiger partial charge in [-0.3, -0.25) is 0 Å². The molecule has 2 aromatic rings. The molecule has 0 aliphatic carbocycles. The van der Waals surface area contributed by atoms with Crippen LogP contribution in [-0.2, 0) is 0 Å². The summed E-state index contributed by atoms with van der Waals surface area (Å²) in [5.41, 5.74) is 0.521. The Bertz CT molecular complexity index is 716. The summed E-state index contributed by atoms with van der Waals surface area (Å²) in [4.78, 5) is 13.3. The van der Waals surface area contributed by atoms with Crippen molar-refractivity contribution in [1.82, 2.24) is 4.90 Å². The third-order valence-corrected chi connectivity index (χ3v) is 4.86. The Morgan fingerprint density at radius 3 is 2.91 bits per heavy atom. The fourth-order valence-electron chi connectivity index (χ4n) is 2.83. The van der Waals surface area contributed by atoms with Crippen molar-refractivity contribution in [3.05, 3.63) is 29.6 Å². The maximum Gasteiger partial charge on any atom is 0.416 e. The van der Waals surface area contributed by atoms with Crippen LogP contribution in [0.3, 0.4) is 0 Å². The van der Waals surface area contributed by atoms with E-state index in [-0.39, 0.29) is 13.0 Å². The minimum Gasteiger partial charge on any atom is -0.382 e. The molecule has 1 saturated heterocycles. The number of anilines is 1. The van der Waals surface area contributed by atoms with E-state index in [0.29, 0.717) is 12.1 Å². The van der Waals surface area contributed by atoms with Crippen LogP contribution in [0.4, 0.5) is 23.7 Å². The van der Waals surface area contributed by atoms with E-state index in [1.165, 1.54) is 0 Å². The van der Waals surface area contributed by atoms with E-state index in [1.54, 1.807) is 23.5 Å². The number of hydrogen-bond donors (Lipinski definition) is 2. The van der Waals surface area contributed by atoms with Gasteiger partial charge in [-0.05, 0) is 47.9 Å². The number of urea groups is 1. The van der Waals surface area contributed by atoms with Crippen molar-refractivity contribution in [3.8, 4) is 0 Å². The Labute approximate surface area is 134 Å². The first-order valence-electron chi connectivity index (χ1n) is 7.16. The highest BCUT2D eigenvalue weighted by atomic mass is 32.1. The number of likely N-dealkylation sites (tertiary alicyclic amines) is 1. The van der Waals surface area contributed by atoms with Crippen LogP contribution < -0.4 is 5.32 Å². The molecule has 0 spiro atoms. The molecule has 2 N–H and O–H groups in total. The molecular formula is C15H15F3N2O2S. The van der Waals surface area contributed by atoms with Gasteiger partial charge in [-0.15, -0.1) is 11.3 Å². The van der Waals surface area contributed by atoms with Crippen LogP contribution in [0.15, 0.2) is 29.6 Å². The molecule has 8 heteroatoms. The number of thiophene rings is 1. The van der Waals surface area contributed by atoms with Crippen molar-refractivity contribution in [1.29, 1.82) is 0 Å². The van der Waals surface area contributed by atoms with Gasteiger partial charge in [-0.1, -0.05) is 0 Å². The van der Waals surface area contributed by atoms with Gasteiger partial charge >= 0.3 is 12.2 Å². The largest absolute Gasteiger partial charge is 0.416 e. The third kappa shape index (κ3) is 3.28. The Balaban J connectivity index is 1.73. The molecule has 1 fully saturated rings. The molecule has 23 heavy (non-hydrogen) atoms. The van der Waals surface area contributed by atoms with E-state index in [1.807, 2.05) is 17.5 Å². The van der Waals surface area contributed by atoms with Gasteiger partial charge in [0.25, 0.3) is 0 Å². The third-order valence-electron chi connectivity index (χ3n) is 3.96. The summed E-state index contributed by atoms with van der Waals surface area (Å²) in [5, 5.41) is 14.9. The van der Waals surface area contributed by atoms with Gasteiger partial charge in [0.05, 0.1) is 6.04 Å².